The first-order valence-corrected chi connectivity index (χ1v) is 2.27. The molecule has 0 fully saturated rings. The molecule has 0 aliphatic rings. The van der Waals surface area contributed by atoms with E-state index in [2.05, 4.69) is 9.47 Å². The molecule has 0 aromatic rings. The molecule has 51 valence electrons. The van der Waals surface area contributed by atoms with Crippen molar-refractivity contribution in [3.8, 4) is 0 Å². The second-order valence-corrected chi connectivity index (χ2v) is 1.16. The molecule has 4 nitrogen and oxygen atoms in total. The highest BCUT2D eigenvalue weighted by molar-refractivity contribution is 5.78. The smallest absolute Gasteiger partial charge is 0.313 e. The number of rotatable bonds is 4. The minimum absolute atomic E-state index is 0.0316. The summed E-state index contributed by atoms with van der Waals surface area (Å²) in [5.41, 5.74) is 0. The molecule has 0 bridgehead atoms. The van der Waals surface area contributed by atoms with Gasteiger partial charge in [-0.2, -0.15) is 0 Å². The predicted octanol–water partition coefficient (Wildman–Crippen LogP) is -0.463. The number of carbonyl (C=O) groups excluding carboxylic acids is 2. The molecule has 4 heteroatoms. The standard InChI is InChI=1S/C5H7O4/c1-8-5(7)2-3-9-4-6/h2,4H,3H2,1H3. The summed E-state index contributed by atoms with van der Waals surface area (Å²) in [6.07, 6.45) is 1.12. The number of hydrogen-bond donors (Lipinski definition) is 0. The fourth-order valence-electron chi connectivity index (χ4n) is 0.239. The van der Waals surface area contributed by atoms with E-state index in [1.165, 1.54) is 7.11 Å². The van der Waals surface area contributed by atoms with Crippen LogP contribution >= 0.6 is 0 Å². The molecule has 1 radical (unpaired) electrons. The molecule has 0 amide bonds. The zero-order valence-corrected chi connectivity index (χ0v) is 4.99. The van der Waals surface area contributed by atoms with Crippen LogP contribution in [0.5, 0.6) is 0 Å². The van der Waals surface area contributed by atoms with E-state index in [1.54, 1.807) is 0 Å². The van der Waals surface area contributed by atoms with Crippen LogP contribution in [0.4, 0.5) is 0 Å². The third kappa shape index (κ3) is 4.80. The van der Waals surface area contributed by atoms with E-state index >= 15 is 0 Å². The molecular weight excluding hydrogens is 124 g/mol. The van der Waals surface area contributed by atoms with Gasteiger partial charge in [0.15, 0.2) is 0 Å². The average Bonchev–Trinajstić information content (AvgIpc) is 1.89. The summed E-state index contributed by atoms with van der Waals surface area (Å²) in [4.78, 5) is 19.7. The van der Waals surface area contributed by atoms with Crippen molar-refractivity contribution in [2.24, 2.45) is 0 Å². The molecule has 0 heterocycles. The van der Waals surface area contributed by atoms with Crippen LogP contribution in [0.2, 0.25) is 0 Å². The summed E-state index contributed by atoms with van der Waals surface area (Å²) in [7, 11) is 1.25. The first-order chi connectivity index (χ1) is 4.31. The Morgan fingerprint density at radius 3 is 2.78 bits per heavy atom. The molecule has 0 rings (SSSR count). The lowest BCUT2D eigenvalue weighted by Gasteiger charge is -1.94. The molecule has 0 aliphatic heterocycles. The van der Waals surface area contributed by atoms with Crippen LogP contribution in [0.15, 0.2) is 0 Å². The highest BCUT2D eigenvalue weighted by Gasteiger charge is 1.98. The minimum atomic E-state index is -0.503. The van der Waals surface area contributed by atoms with Crippen LogP contribution < -0.4 is 0 Å². The van der Waals surface area contributed by atoms with Gasteiger partial charge in [0.25, 0.3) is 6.47 Å². The van der Waals surface area contributed by atoms with Gasteiger partial charge in [-0.15, -0.1) is 0 Å². The Balaban J connectivity index is 3.06. The Hall–Kier alpha value is -1.06. The van der Waals surface area contributed by atoms with Gasteiger partial charge in [-0.25, -0.2) is 0 Å². The molecule has 0 aromatic carbocycles. The van der Waals surface area contributed by atoms with Gasteiger partial charge in [0.05, 0.1) is 7.11 Å². The van der Waals surface area contributed by atoms with Gasteiger partial charge in [-0.1, -0.05) is 0 Å². The molecule has 0 spiro atoms. The summed E-state index contributed by atoms with van der Waals surface area (Å²) in [6, 6.07) is 0. The van der Waals surface area contributed by atoms with Crippen LogP contribution in [0.1, 0.15) is 0 Å². The maximum absolute atomic E-state index is 10.2. The van der Waals surface area contributed by atoms with E-state index in [0.717, 1.165) is 6.42 Å². The Kier molecular flexibility index (Phi) is 4.49. The van der Waals surface area contributed by atoms with Gasteiger partial charge in [-0.3, -0.25) is 9.59 Å². The lowest BCUT2D eigenvalue weighted by Crippen LogP contribution is -2.05. The molecule has 9 heavy (non-hydrogen) atoms. The van der Waals surface area contributed by atoms with Gasteiger partial charge >= 0.3 is 5.97 Å². The summed E-state index contributed by atoms with van der Waals surface area (Å²) in [6.45, 7) is 0.232. The quantitative estimate of drug-likeness (QED) is 0.294. The average molecular weight is 131 g/mol. The monoisotopic (exact) mass is 131 g/mol. The summed E-state index contributed by atoms with van der Waals surface area (Å²) >= 11 is 0. The fourth-order valence-corrected chi connectivity index (χ4v) is 0.239. The van der Waals surface area contributed by atoms with Crippen LogP contribution in [0, 0.1) is 6.42 Å². The van der Waals surface area contributed by atoms with Crippen molar-refractivity contribution in [1.29, 1.82) is 0 Å². The van der Waals surface area contributed by atoms with E-state index < -0.39 is 5.97 Å². The second kappa shape index (κ2) is 5.08. The predicted molar refractivity (Wildman–Crippen MR) is 28.3 cm³/mol. The normalized spacial score (nSPS) is 8.11. The third-order valence-corrected chi connectivity index (χ3v) is 0.615. The van der Waals surface area contributed by atoms with E-state index in [9.17, 15) is 9.59 Å². The summed E-state index contributed by atoms with van der Waals surface area (Å²) < 4.78 is 8.38. The number of carbonyl (C=O) groups is 2. The minimum Gasteiger partial charge on any atom is -0.469 e. The third-order valence-electron chi connectivity index (χ3n) is 0.615. The summed E-state index contributed by atoms with van der Waals surface area (Å²) in [5, 5.41) is 0. The number of hydrogen-bond acceptors (Lipinski definition) is 4. The first kappa shape index (κ1) is 7.94. The van der Waals surface area contributed by atoms with Crippen molar-refractivity contribution < 1.29 is 19.1 Å². The fraction of sp³-hybridized carbons (Fsp3) is 0.400. The molecule has 0 saturated heterocycles. The van der Waals surface area contributed by atoms with Gasteiger partial charge in [-0.05, 0) is 0 Å². The van der Waals surface area contributed by atoms with E-state index in [0.29, 0.717) is 0 Å². The van der Waals surface area contributed by atoms with Gasteiger partial charge in [0.1, 0.15) is 13.0 Å². The summed E-state index contributed by atoms with van der Waals surface area (Å²) in [5.74, 6) is -0.503. The van der Waals surface area contributed by atoms with Crippen LogP contribution in [-0.2, 0) is 19.1 Å². The molecule has 0 unspecified atom stereocenters. The van der Waals surface area contributed by atoms with Crippen molar-refractivity contribution in [1.82, 2.24) is 0 Å². The lowest BCUT2D eigenvalue weighted by molar-refractivity contribution is -0.138. The highest BCUT2D eigenvalue weighted by Crippen LogP contribution is 1.80. The van der Waals surface area contributed by atoms with Crippen molar-refractivity contribution in [3.63, 3.8) is 0 Å². The van der Waals surface area contributed by atoms with E-state index in [4.69, 9.17) is 0 Å². The molecule has 0 N–H and O–H groups in total. The zero-order chi connectivity index (χ0) is 7.11. The Morgan fingerprint density at radius 2 is 2.33 bits per heavy atom. The lowest BCUT2D eigenvalue weighted by atomic mass is 10.5. The number of esters is 1. The molecule has 0 aromatic heterocycles. The topological polar surface area (TPSA) is 52.6 Å². The maximum atomic E-state index is 10.2. The molecule has 0 aliphatic carbocycles. The number of ether oxygens (including phenoxy) is 2. The Morgan fingerprint density at radius 1 is 1.67 bits per heavy atom. The van der Waals surface area contributed by atoms with Crippen molar-refractivity contribution in [2.75, 3.05) is 13.7 Å². The largest absolute Gasteiger partial charge is 0.469 e. The molecule has 0 atom stereocenters. The second-order valence-electron chi connectivity index (χ2n) is 1.16. The molecule has 0 saturated carbocycles. The Bertz CT molecular complexity index is 99.1. The molecular formula is C5H7O4. The maximum Gasteiger partial charge on any atom is 0.313 e. The zero-order valence-electron chi connectivity index (χ0n) is 4.99. The van der Waals surface area contributed by atoms with Crippen molar-refractivity contribution in [3.05, 3.63) is 6.42 Å². The highest BCUT2D eigenvalue weighted by atomic mass is 16.5. The van der Waals surface area contributed by atoms with Gasteiger partial charge < -0.3 is 9.47 Å². The number of methoxy groups -OCH3 is 1. The van der Waals surface area contributed by atoms with Crippen LogP contribution in [0.25, 0.3) is 0 Å². The van der Waals surface area contributed by atoms with Crippen LogP contribution in [-0.4, -0.2) is 26.2 Å². The SMILES string of the molecule is COC(=O)[CH]COC=O. The van der Waals surface area contributed by atoms with E-state index in [1.807, 2.05) is 0 Å². The van der Waals surface area contributed by atoms with E-state index in [-0.39, 0.29) is 13.1 Å². The van der Waals surface area contributed by atoms with Gasteiger partial charge in [0.2, 0.25) is 0 Å². The first-order valence-electron chi connectivity index (χ1n) is 2.27. The van der Waals surface area contributed by atoms with Crippen molar-refractivity contribution in [2.45, 2.75) is 0 Å². The Labute approximate surface area is 52.7 Å². The van der Waals surface area contributed by atoms with Crippen LogP contribution in [0.3, 0.4) is 0 Å². The van der Waals surface area contributed by atoms with Crippen molar-refractivity contribution >= 4 is 12.4 Å². The van der Waals surface area contributed by atoms with Gasteiger partial charge in [0, 0.05) is 0 Å².